The van der Waals surface area contributed by atoms with Gasteiger partial charge in [0.1, 0.15) is 0 Å². The van der Waals surface area contributed by atoms with Gasteiger partial charge in [0.2, 0.25) is 0 Å². The lowest BCUT2D eigenvalue weighted by Gasteiger charge is -2.20. The minimum Gasteiger partial charge on any atom is -0.309 e. The monoisotopic (exact) mass is 693 g/mol. The topological polar surface area (TPSA) is 17.1 Å². The summed E-state index contributed by atoms with van der Waals surface area (Å²) in [6, 6.07) is 25.4. The Kier molecular flexibility index (Phi) is 21.6. The van der Waals surface area contributed by atoms with Crippen molar-refractivity contribution in [3.8, 4) is 0 Å². The molecule has 0 amide bonds. The van der Waals surface area contributed by atoms with Crippen LogP contribution in [0.25, 0.3) is 18.2 Å². The SMILES string of the molecule is CCCCCCCC/C=C/c1ccc(P(=O)(c2ccc(/C=C/CCCCCCCC)cc2)c2ccc(/C=C/CCCCCCCC)cc2)cc1. The zero-order valence-corrected chi connectivity index (χ0v) is 33.0. The molecule has 3 rings (SSSR count). The van der Waals surface area contributed by atoms with Gasteiger partial charge in [-0.25, -0.2) is 0 Å². The normalized spacial score (nSPS) is 12.2. The van der Waals surface area contributed by atoms with E-state index in [2.05, 4.69) is 130 Å². The number of hydrogen-bond acceptors (Lipinski definition) is 1. The van der Waals surface area contributed by atoms with Crippen LogP contribution in [0.2, 0.25) is 0 Å². The van der Waals surface area contributed by atoms with Gasteiger partial charge in [0.25, 0.3) is 0 Å². The summed E-state index contributed by atoms with van der Waals surface area (Å²) in [6.45, 7) is 6.81. The summed E-state index contributed by atoms with van der Waals surface area (Å²) < 4.78 is 15.3. The first-order valence-electron chi connectivity index (χ1n) is 20.5. The lowest BCUT2D eigenvalue weighted by atomic mass is 10.1. The molecule has 0 aromatic heterocycles. The van der Waals surface area contributed by atoms with Crippen LogP contribution in [-0.2, 0) is 4.57 Å². The first-order chi connectivity index (χ1) is 24.6. The Balaban J connectivity index is 1.72. The van der Waals surface area contributed by atoms with E-state index in [1.54, 1.807) is 0 Å². The maximum absolute atomic E-state index is 15.3. The number of hydrogen-bond donors (Lipinski definition) is 0. The Bertz CT molecular complexity index is 1230. The van der Waals surface area contributed by atoms with E-state index in [1.165, 1.54) is 132 Å². The summed E-state index contributed by atoms with van der Waals surface area (Å²) in [7, 11) is -3.06. The first-order valence-corrected chi connectivity index (χ1v) is 22.2. The zero-order valence-electron chi connectivity index (χ0n) is 32.1. The van der Waals surface area contributed by atoms with Crippen LogP contribution >= 0.6 is 7.14 Å². The predicted molar refractivity (Wildman–Crippen MR) is 227 cm³/mol. The van der Waals surface area contributed by atoms with Gasteiger partial charge in [-0.15, -0.1) is 0 Å². The van der Waals surface area contributed by atoms with Crippen LogP contribution in [0.15, 0.2) is 91.0 Å². The lowest BCUT2D eigenvalue weighted by molar-refractivity contribution is 0.592. The van der Waals surface area contributed by atoms with Crippen LogP contribution in [0.3, 0.4) is 0 Å². The summed E-state index contributed by atoms with van der Waals surface area (Å²) in [5, 5.41) is 2.68. The van der Waals surface area contributed by atoms with Gasteiger partial charge in [-0.2, -0.15) is 0 Å². The van der Waals surface area contributed by atoms with E-state index in [1.807, 2.05) is 0 Å². The highest BCUT2D eigenvalue weighted by atomic mass is 31.2. The summed E-state index contributed by atoms with van der Waals surface area (Å²) >= 11 is 0. The van der Waals surface area contributed by atoms with Gasteiger partial charge in [0.15, 0.2) is 7.14 Å². The fourth-order valence-corrected chi connectivity index (χ4v) is 9.22. The first kappa shape index (κ1) is 41.5. The van der Waals surface area contributed by atoms with Crippen molar-refractivity contribution in [1.29, 1.82) is 0 Å². The second-order valence-electron chi connectivity index (χ2n) is 14.3. The van der Waals surface area contributed by atoms with Crippen LogP contribution in [0, 0.1) is 0 Å². The van der Waals surface area contributed by atoms with Crippen molar-refractivity contribution in [3.63, 3.8) is 0 Å². The van der Waals surface area contributed by atoms with Crippen LogP contribution in [-0.4, -0.2) is 0 Å². The van der Waals surface area contributed by atoms with E-state index in [9.17, 15) is 0 Å². The number of rotatable bonds is 27. The second-order valence-corrected chi connectivity index (χ2v) is 17.0. The van der Waals surface area contributed by atoms with Crippen molar-refractivity contribution >= 4 is 41.3 Å². The third kappa shape index (κ3) is 15.6. The Morgan fingerprint density at radius 1 is 0.360 bits per heavy atom. The largest absolute Gasteiger partial charge is 0.309 e. The third-order valence-corrected chi connectivity index (χ3v) is 13.0. The molecule has 0 spiro atoms. The van der Waals surface area contributed by atoms with Crippen molar-refractivity contribution in [2.45, 2.75) is 156 Å². The van der Waals surface area contributed by atoms with Gasteiger partial charge in [0.05, 0.1) is 0 Å². The smallest absolute Gasteiger partial charge is 0.171 e. The maximum Gasteiger partial charge on any atom is 0.171 e. The maximum atomic E-state index is 15.3. The lowest BCUT2D eigenvalue weighted by Crippen LogP contribution is -2.25. The molecule has 0 saturated heterocycles. The van der Waals surface area contributed by atoms with E-state index < -0.39 is 7.14 Å². The fraction of sp³-hybridized carbons (Fsp3) is 0.500. The van der Waals surface area contributed by atoms with E-state index >= 15 is 4.57 Å². The Morgan fingerprint density at radius 3 is 0.860 bits per heavy atom. The molecule has 0 radical (unpaired) electrons. The van der Waals surface area contributed by atoms with Crippen LogP contribution < -0.4 is 15.9 Å². The fourth-order valence-electron chi connectivity index (χ4n) is 6.62. The highest BCUT2D eigenvalue weighted by Crippen LogP contribution is 2.42. The molecular formula is C48H69OP. The van der Waals surface area contributed by atoms with Gasteiger partial charge in [-0.1, -0.05) is 226 Å². The molecule has 0 N–H and O–H groups in total. The van der Waals surface area contributed by atoms with Gasteiger partial charge in [-0.3, -0.25) is 0 Å². The summed E-state index contributed by atoms with van der Waals surface area (Å²) in [5.41, 5.74) is 3.51. The van der Waals surface area contributed by atoms with Crippen LogP contribution in [0.5, 0.6) is 0 Å². The van der Waals surface area contributed by atoms with Gasteiger partial charge in [-0.05, 0) is 55.2 Å². The van der Waals surface area contributed by atoms with E-state index in [-0.39, 0.29) is 0 Å². The number of allylic oxidation sites excluding steroid dienone is 3. The van der Waals surface area contributed by atoms with Crippen molar-refractivity contribution in [3.05, 3.63) is 108 Å². The molecule has 0 aliphatic rings. The standard InChI is InChI=1S/C48H69OP/c1-4-7-10-13-16-19-22-25-28-43-31-37-46(38-32-43)50(49,47-39-33-44(34-40-47)29-26-23-20-17-14-11-8-5-2)48-41-35-45(36-42-48)30-27-24-21-18-15-12-9-6-3/h25-42H,4-24H2,1-3H3/b28-25+,29-26+,30-27+. The van der Waals surface area contributed by atoms with Crippen molar-refractivity contribution in [2.24, 2.45) is 0 Å². The van der Waals surface area contributed by atoms with Gasteiger partial charge < -0.3 is 4.57 Å². The number of benzene rings is 3. The molecule has 0 heterocycles. The third-order valence-electron chi connectivity index (χ3n) is 9.87. The van der Waals surface area contributed by atoms with Crippen molar-refractivity contribution in [1.82, 2.24) is 0 Å². The van der Waals surface area contributed by atoms with Crippen molar-refractivity contribution < 1.29 is 4.57 Å². The average molecular weight is 693 g/mol. The average Bonchev–Trinajstić information content (AvgIpc) is 3.15. The second kappa shape index (κ2) is 26.0. The molecule has 3 aromatic rings. The summed E-state index contributed by atoms with van der Waals surface area (Å²) in [5.74, 6) is 0. The Labute approximate surface area is 308 Å². The molecule has 1 nitrogen and oxygen atoms in total. The summed E-state index contributed by atoms with van der Waals surface area (Å²) in [6.07, 6.45) is 40.7. The van der Waals surface area contributed by atoms with Crippen LogP contribution in [0.1, 0.15) is 172 Å². The molecule has 0 atom stereocenters. The molecule has 0 unspecified atom stereocenters. The van der Waals surface area contributed by atoms with E-state index in [0.717, 1.165) is 35.2 Å². The quantitative estimate of drug-likeness (QED) is 0.0574. The Hall–Kier alpha value is -2.89. The highest BCUT2D eigenvalue weighted by molar-refractivity contribution is 7.85. The molecule has 2 heteroatoms. The van der Waals surface area contributed by atoms with Gasteiger partial charge in [0, 0.05) is 15.9 Å². The van der Waals surface area contributed by atoms with Crippen molar-refractivity contribution in [2.75, 3.05) is 0 Å². The van der Waals surface area contributed by atoms with E-state index in [4.69, 9.17) is 0 Å². The molecule has 0 aliphatic carbocycles. The molecule has 0 saturated carbocycles. The molecular weight excluding hydrogens is 624 g/mol. The Morgan fingerprint density at radius 2 is 0.600 bits per heavy atom. The molecule has 3 aromatic carbocycles. The zero-order chi connectivity index (χ0) is 35.5. The minimum atomic E-state index is -3.06. The number of unbranched alkanes of at least 4 members (excludes halogenated alkanes) is 18. The molecule has 272 valence electrons. The highest BCUT2D eigenvalue weighted by Gasteiger charge is 2.29. The van der Waals surface area contributed by atoms with Crippen LogP contribution in [0.4, 0.5) is 0 Å². The molecule has 0 bridgehead atoms. The molecule has 0 aliphatic heterocycles. The minimum absolute atomic E-state index is 0.892. The molecule has 50 heavy (non-hydrogen) atoms. The van der Waals surface area contributed by atoms with E-state index in [0.29, 0.717) is 0 Å². The summed E-state index contributed by atoms with van der Waals surface area (Å²) in [4.78, 5) is 0. The molecule has 0 fully saturated rings. The predicted octanol–water partition coefficient (Wildman–Crippen LogP) is 14.6. The van der Waals surface area contributed by atoms with Gasteiger partial charge >= 0.3 is 0 Å².